The highest BCUT2D eigenvalue weighted by atomic mass is 35.5. The fourth-order valence-electron chi connectivity index (χ4n) is 3.81. The Morgan fingerprint density at radius 2 is 1.91 bits per heavy atom. The summed E-state index contributed by atoms with van der Waals surface area (Å²) >= 11 is 9.57. The third kappa shape index (κ3) is 4.18. The summed E-state index contributed by atoms with van der Waals surface area (Å²) in [4.78, 5) is 21.3. The molecule has 3 aromatic rings. The number of allylic oxidation sites excluding steroid dienone is 1. The highest BCUT2D eigenvalue weighted by Crippen LogP contribution is 2.53. The van der Waals surface area contributed by atoms with Crippen LogP contribution in [0, 0.1) is 19.3 Å². The molecule has 9 heteroatoms. The van der Waals surface area contributed by atoms with E-state index in [0.29, 0.717) is 21.3 Å². The van der Waals surface area contributed by atoms with Crippen molar-refractivity contribution in [3.63, 3.8) is 0 Å². The van der Waals surface area contributed by atoms with Gasteiger partial charge in [-0.25, -0.2) is 9.78 Å². The molecule has 0 radical (unpaired) electrons. The van der Waals surface area contributed by atoms with E-state index in [9.17, 15) is 9.90 Å². The fourth-order valence-corrected chi connectivity index (χ4v) is 6.56. The number of nitrogens with zero attached hydrogens (tertiary/aromatic N) is 2. The number of fused-ring (bicyclic) bond motifs is 3. The van der Waals surface area contributed by atoms with Gasteiger partial charge in [0.15, 0.2) is 5.13 Å². The predicted molar refractivity (Wildman–Crippen MR) is 132 cm³/mol. The molecule has 1 atom stereocenters. The van der Waals surface area contributed by atoms with Gasteiger partial charge in [0, 0.05) is 33.5 Å². The molecule has 2 aromatic heterocycles. The lowest BCUT2D eigenvalue weighted by Gasteiger charge is -2.21. The number of nitrogens with one attached hydrogen (secondary N) is 2. The van der Waals surface area contributed by atoms with Gasteiger partial charge < -0.3 is 15.8 Å². The summed E-state index contributed by atoms with van der Waals surface area (Å²) in [5.41, 5.74) is 5.25. The van der Waals surface area contributed by atoms with Gasteiger partial charge in [-0.1, -0.05) is 35.1 Å². The topological polar surface area (TPSA) is 99.0 Å². The lowest BCUT2D eigenvalue weighted by Crippen LogP contribution is -2.16. The van der Waals surface area contributed by atoms with Crippen LogP contribution in [0.3, 0.4) is 0 Å². The summed E-state index contributed by atoms with van der Waals surface area (Å²) in [6.07, 6.45) is 0. The van der Waals surface area contributed by atoms with E-state index in [1.165, 1.54) is 11.3 Å². The summed E-state index contributed by atoms with van der Waals surface area (Å²) in [5.74, 6) is -1.16. The number of aryl methyl sites for hydroxylation is 2. The van der Waals surface area contributed by atoms with Crippen molar-refractivity contribution in [3.8, 4) is 11.3 Å². The number of rotatable bonds is 5. The molecule has 6 nitrogen and oxygen atoms in total. The molecule has 0 amide bonds. The highest BCUT2D eigenvalue weighted by Gasteiger charge is 2.29. The minimum atomic E-state index is -1.16. The summed E-state index contributed by atoms with van der Waals surface area (Å²) in [6.45, 7) is 7.37. The third-order valence-electron chi connectivity index (χ3n) is 5.04. The number of thioether (sulfide) groups is 1. The van der Waals surface area contributed by atoms with Crippen LogP contribution in [0.4, 0.5) is 5.13 Å². The van der Waals surface area contributed by atoms with Crippen LogP contribution in [0.1, 0.15) is 41.6 Å². The van der Waals surface area contributed by atoms with Crippen molar-refractivity contribution >= 4 is 57.1 Å². The number of aliphatic carboxylic acids is 1. The number of hydrogen-bond acceptors (Lipinski definition) is 7. The number of anilines is 1. The average Bonchev–Trinajstić information content (AvgIpc) is 3.08. The van der Waals surface area contributed by atoms with Crippen molar-refractivity contribution in [2.24, 2.45) is 0 Å². The normalized spacial score (nSPS) is 15.5. The van der Waals surface area contributed by atoms with Gasteiger partial charge in [-0.15, -0.1) is 11.8 Å². The number of carbonyl (C=O) groups is 1. The quantitative estimate of drug-likeness (QED) is 0.279. The first-order valence-electron chi connectivity index (χ1n) is 9.87. The van der Waals surface area contributed by atoms with E-state index in [4.69, 9.17) is 22.0 Å². The number of halogens is 1. The molecule has 3 N–H and O–H groups in total. The van der Waals surface area contributed by atoms with E-state index >= 15 is 0 Å². The maximum Gasteiger partial charge on any atom is 0.353 e. The molecule has 4 rings (SSSR count). The van der Waals surface area contributed by atoms with E-state index in [1.807, 2.05) is 32.0 Å². The van der Waals surface area contributed by atoms with E-state index < -0.39 is 5.97 Å². The second-order valence-corrected chi connectivity index (χ2v) is 10.6. The molecule has 3 heterocycles. The molecule has 32 heavy (non-hydrogen) atoms. The average molecular weight is 485 g/mol. The maximum absolute atomic E-state index is 12.3. The minimum absolute atomic E-state index is 0.0916. The van der Waals surface area contributed by atoms with Crippen LogP contribution in [0.15, 0.2) is 40.2 Å². The number of hydrogen-bond donors (Lipinski definition) is 3. The Balaban J connectivity index is 1.83. The molecule has 1 aliphatic rings. The van der Waals surface area contributed by atoms with Crippen molar-refractivity contribution in [3.05, 3.63) is 63.6 Å². The minimum Gasteiger partial charge on any atom is -0.477 e. The molecule has 1 unspecified atom stereocenters. The van der Waals surface area contributed by atoms with Crippen molar-refractivity contribution in [2.45, 2.75) is 37.2 Å². The van der Waals surface area contributed by atoms with Crippen molar-refractivity contribution < 1.29 is 9.90 Å². The molecule has 0 saturated carbocycles. The summed E-state index contributed by atoms with van der Waals surface area (Å²) in [6, 6.07) is 9.38. The zero-order chi connectivity index (χ0) is 23.2. The van der Waals surface area contributed by atoms with Gasteiger partial charge in [-0.3, -0.25) is 4.98 Å². The smallest absolute Gasteiger partial charge is 0.353 e. The van der Waals surface area contributed by atoms with Gasteiger partial charge in [0.05, 0.1) is 14.9 Å². The third-order valence-corrected chi connectivity index (χ3v) is 7.68. The molecular weight excluding hydrogens is 464 g/mol. The molecule has 0 bridgehead atoms. The van der Waals surface area contributed by atoms with Crippen LogP contribution in [0.2, 0.25) is 5.02 Å². The Bertz CT molecular complexity index is 1280. The molecule has 164 valence electrons. The van der Waals surface area contributed by atoms with Gasteiger partial charge >= 0.3 is 5.97 Å². The largest absolute Gasteiger partial charge is 0.477 e. The molecule has 0 fully saturated rings. The standard InChI is InChI=1S/C23H21ClN4O2S2/c1-10-8-14(9-11(2)26-10)17(12(3)25)19(21(29)30)27-23-28-20-18-15(6-5-7-16(18)24)13(4)31-22(20)32-23/h5-9,13,25H,1-4H3,(H,27,28)(H,29,30)/b19-17+,25-12?. The number of aromatic nitrogens is 2. The Morgan fingerprint density at radius 1 is 1.22 bits per heavy atom. The van der Waals surface area contributed by atoms with Crippen LogP contribution >= 0.6 is 34.7 Å². The Hall–Kier alpha value is -2.68. The number of pyridine rings is 1. The first-order valence-corrected chi connectivity index (χ1v) is 11.9. The van der Waals surface area contributed by atoms with E-state index in [-0.39, 0.29) is 16.7 Å². The van der Waals surface area contributed by atoms with Crippen LogP contribution < -0.4 is 5.32 Å². The monoisotopic (exact) mass is 484 g/mol. The SMILES string of the molecule is CC(=N)/C(=C(\Nc1nc2c(s1)SC(C)c1cccc(Cl)c1-2)C(=O)O)c1cc(C)nc(C)c1. The molecule has 0 spiro atoms. The van der Waals surface area contributed by atoms with Crippen LogP contribution in [0.25, 0.3) is 16.8 Å². The molecular formula is C23H21ClN4O2S2. The maximum atomic E-state index is 12.3. The molecule has 1 aliphatic heterocycles. The van der Waals surface area contributed by atoms with Gasteiger partial charge in [0.25, 0.3) is 0 Å². The predicted octanol–water partition coefficient (Wildman–Crippen LogP) is 6.59. The van der Waals surface area contributed by atoms with Gasteiger partial charge in [0.2, 0.25) is 0 Å². The van der Waals surface area contributed by atoms with Gasteiger partial charge in [-0.05, 0) is 57.0 Å². The van der Waals surface area contributed by atoms with E-state index in [2.05, 4.69) is 17.2 Å². The van der Waals surface area contributed by atoms with Crippen LogP contribution in [-0.4, -0.2) is 26.8 Å². The fraction of sp³-hybridized carbons (Fsp3) is 0.217. The van der Waals surface area contributed by atoms with Crippen LogP contribution in [0.5, 0.6) is 0 Å². The lowest BCUT2D eigenvalue weighted by molar-refractivity contribution is -0.132. The number of carboxylic acid groups (broad SMARTS) is 1. The number of benzene rings is 1. The first-order chi connectivity index (χ1) is 15.2. The number of carboxylic acids is 1. The second kappa shape index (κ2) is 8.69. The second-order valence-electron chi connectivity index (χ2n) is 7.56. The first kappa shape index (κ1) is 22.5. The van der Waals surface area contributed by atoms with E-state index in [1.54, 1.807) is 30.8 Å². The Labute approximate surface area is 199 Å². The zero-order valence-electron chi connectivity index (χ0n) is 17.9. The summed E-state index contributed by atoms with van der Waals surface area (Å²) in [5, 5.41) is 22.6. The summed E-state index contributed by atoms with van der Waals surface area (Å²) < 4.78 is 0.981. The Kier molecular flexibility index (Phi) is 6.11. The molecule has 0 saturated heterocycles. The van der Waals surface area contributed by atoms with Crippen molar-refractivity contribution in [1.82, 2.24) is 9.97 Å². The molecule has 0 aliphatic carbocycles. The Morgan fingerprint density at radius 3 is 2.53 bits per heavy atom. The summed E-state index contributed by atoms with van der Waals surface area (Å²) in [7, 11) is 0. The van der Waals surface area contributed by atoms with E-state index in [0.717, 1.165) is 32.4 Å². The van der Waals surface area contributed by atoms with Crippen molar-refractivity contribution in [1.29, 1.82) is 5.41 Å². The lowest BCUT2D eigenvalue weighted by atomic mass is 9.99. The van der Waals surface area contributed by atoms with Crippen molar-refractivity contribution in [2.75, 3.05) is 5.32 Å². The highest BCUT2D eigenvalue weighted by molar-refractivity contribution is 8.01. The van der Waals surface area contributed by atoms with Gasteiger partial charge in [-0.2, -0.15) is 0 Å². The van der Waals surface area contributed by atoms with Gasteiger partial charge in [0.1, 0.15) is 5.70 Å². The van der Waals surface area contributed by atoms with Crippen LogP contribution in [-0.2, 0) is 4.79 Å². The molecule has 1 aromatic carbocycles. The number of thiazole rings is 1. The zero-order valence-corrected chi connectivity index (χ0v) is 20.3.